The van der Waals surface area contributed by atoms with Crippen LogP contribution in [0.1, 0.15) is 36.0 Å². The highest BCUT2D eigenvalue weighted by Crippen LogP contribution is 2.30. The normalized spacial score (nSPS) is 26.4. The van der Waals surface area contributed by atoms with Gasteiger partial charge < -0.3 is 10.5 Å². The van der Waals surface area contributed by atoms with Crippen LogP contribution in [0, 0.1) is 13.8 Å². The average Bonchev–Trinajstić information content (AvgIpc) is 2.43. The number of rotatable bonds is 1. The summed E-state index contributed by atoms with van der Waals surface area (Å²) in [6.07, 6.45) is 3.01. The maximum Gasteiger partial charge on any atom is 0.0486 e. The lowest BCUT2D eigenvalue weighted by Crippen LogP contribution is -2.37. The molecule has 1 aromatic carbocycles. The van der Waals surface area contributed by atoms with E-state index in [9.17, 15) is 0 Å². The number of hydrogen-bond donors (Lipinski definition) is 1. The highest BCUT2D eigenvalue weighted by atomic mass is 16.5. The number of ether oxygens (including phenoxy) is 1. The summed E-state index contributed by atoms with van der Waals surface area (Å²) < 4.78 is 5.49. The first-order chi connectivity index (χ1) is 7.60. The van der Waals surface area contributed by atoms with Gasteiger partial charge in [-0.15, -0.1) is 0 Å². The molecule has 16 heavy (non-hydrogen) atoms. The fourth-order valence-corrected chi connectivity index (χ4v) is 2.52. The Balaban J connectivity index is 2.32. The second-order valence-corrected chi connectivity index (χ2v) is 5.00. The molecule has 1 heterocycles. The van der Waals surface area contributed by atoms with Gasteiger partial charge in [0.05, 0.1) is 0 Å². The van der Waals surface area contributed by atoms with E-state index in [0.29, 0.717) is 0 Å². The van der Waals surface area contributed by atoms with E-state index in [1.165, 1.54) is 16.7 Å². The monoisotopic (exact) mass is 219 g/mol. The van der Waals surface area contributed by atoms with E-state index in [1.807, 2.05) is 0 Å². The van der Waals surface area contributed by atoms with Crippen LogP contribution in [0.15, 0.2) is 18.2 Å². The van der Waals surface area contributed by atoms with Crippen LogP contribution in [-0.2, 0) is 10.3 Å². The summed E-state index contributed by atoms with van der Waals surface area (Å²) in [5, 5.41) is 0. The van der Waals surface area contributed by atoms with E-state index in [1.54, 1.807) is 0 Å². The molecule has 2 nitrogen and oxygen atoms in total. The van der Waals surface area contributed by atoms with Crippen molar-refractivity contribution < 1.29 is 4.74 Å². The molecule has 0 spiro atoms. The minimum absolute atomic E-state index is 0.187. The van der Waals surface area contributed by atoms with Crippen LogP contribution in [0.4, 0.5) is 0 Å². The molecular formula is C14H21NO. The highest BCUT2D eigenvalue weighted by molar-refractivity contribution is 5.33. The molecule has 1 aromatic rings. The lowest BCUT2D eigenvalue weighted by molar-refractivity contribution is 0.139. The number of aryl methyl sites for hydroxylation is 2. The topological polar surface area (TPSA) is 35.2 Å². The molecule has 88 valence electrons. The molecule has 0 aromatic heterocycles. The molecule has 1 aliphatic rings. The quantitative estimate of drug-likeness (QED) is 0.788. The molecular weight excluding hydrogens is 198 g/mol. The lowest BCUT2D eigenvalue weighted by Gasteiger charge is -2.28. The minimum Gasteiger partial charge on any atom is -0.381 e. The third-order valence-corrected chi connectivity index (χ3v) is 3.40. The summed E-state index contributed by atoms with van der Waals surface area (Å²) in [5.41, 5.74) is 10.2. The van der Waals surface area contributed by atoms with E-state index < -0.39 is 0 Å². The molecule has 0 radical (unpaired) electrons. The van der Waals surface area contributed by atoms with Gasteiger partial charge in [0, 0.05) is 18.8 Å². The highest BCUT2D eigenvalue weighted by Gasteiger charge is 2.28. The first kappa shape index (κ1) is 11.6. The van der Waals surface area contributed by atoms with Crippen molar-refractivity contribution in [3.63, 3.8) is 0 Å². The third kappa shape index (κ3) is 2.45. The predicted molar refractivity (Wildman–Crippen MR) is 66.5 cm³/mol. The molecule has 1 fully saturated rings. The van der Waals surface area contributed by atoms with Crippen LogP contribution < -0.4 is 5.73 Å². The van der Waals surface area contributed by atoms with E-state index in [2.05, 4.69) is 32.0 Å². The molecule has 2 heteroatoms. The van der Waals surface area contributed by atoms with Gasteiger partial charge in [0.15, 0.2) is 0 Å². The van der Waals surface area contributed by atoms with Crippen LogP contribution in [0.5, 0.6) is 0 Å². The molecule has 1 atom stereocenters. The van der Waals surface area contributed by atoms with Crippen molar-refractivity contribution in [3.8, 4) is 0 Å². The van der Waals surface area contributed by atoms with Crippen molar-refractivity contribution in [3.05, 3.63) is 34.9 Å². The zero-order chi connectivity index (χ0) is 11.6. The standard InChI is InChI=1S/C14H21NO/c1-11-8-12(2)10-13(9-11)14(15)4-3-6-16-7-5-14/h8-10H,3-7,15H2,1-2H3. The average molecular weight is 219 g/mol. The van der Waals surface area contributed by atoms with Crippen molar-refractivity contribution in [2.75, 3.05) is 13.2 Å². The van der Waals surface area contributed by atoms with Gasteiger partial charge in [0.1, 0.15) is 0 Å². The van der Waals surface area contributed by atoms with Crippen molar-refractivity contribution in [2.45, 2.75) is 38.6 Å². The van der Waals surface area contributed by atoms with Crippen molar-refractivity contribution in [1.29, 1.82) is 0 Å². The Morgan fingerprint density at radius 1 is 1.06 bits per heavy atom. The second-order valence-electron chi connectivity index (χ2n) is 5.00. The van der Waals surface area contributed by atoms with Crippen LogP contribution in [0.25, 0.3) is 0 Å². The molecule has 0 saturated carbocycles. The Hall–Kier alpha value is -0.860. The number of hydrogen-bond acceptors (Lipinski definition) is 2. The maximum absolute atomic E-state index is 6.54. The zero-order valence-corrected chi connectivity index (χ0v) is 10.3. The lowest BCUT2D eigenvalue weighted by atomic mass is 9.83. The van der Waals surface area contributed by atoms with E-state index in [-0.39, 0.29) is 5.54 Å². The van der Waals surface area contributed by atoms with Crippen molar-refractivity contribution in [1.82, 2.24) is 0 Å². The van der Waals surface area contributed by atoms with Gasteiger partial charge in [-0.1, -0.05) is 29.3 Å². The fourth-order valence-electron chi connectivity index (χ4n) is 2.52. The molecule has 1 unspecified atom stereocenters. The van der Waals surface area contributed by atoms with E-state index in [4.69, 9.17) is 10.5 Å². The van der Waals surface area contributed by atoms with Gasteiger partial charge in [-0.2, -0.15) is 0 Å². The van der Waals surface area contributed by atoms with Crippen LogP contribution in [0.2, 0.25) is 0 Å². The van der Waals surface area contributed by atoms with Gasteiger partial charge in [-0.3, -0.25) is 0 Å². The van der Waals surface area contributed by atoms with Gasteiger partial charge >= 0.3 is 0 Å². The molecule has 0 aliphatic carbocycles. The Kier molecular flexibility index (Phi) is 3.31. The Morgan fingerprint density at radius 2 is 1.75 bits per heavy atom. The Labute approximate surface area is 97.8 Å². The summed E-state index contributed by atoms with van der Waals surface area (Å²) in [6.45, 7) is 5.90. The number of nitrogens with two attached hydrogens (primary N) is 1. The van der Waals surface area contributed by atoms with Crippen LogP contribution in [0.3, 0.4) is 0 Å². The van der Waals surface area contributed by atoms with Gasteiger partial charge in [-0.05, 0) is 38.7 Å². The molecule has 1 saturated heterocycles. The number of benzene rings is 1. The molecule has 1 aliphatic heterocycles. The largest absolute Gasteiger partial charge is 0.381 e. The van der Waals surface area contributed by atoms with E-state index in [0.717, 1.165) is 32.5 Å². The first-order valence-electron chi connectivity index (χ1n) is 6.06. The maximum atomic E-state index is 6.54. The second kappa shape index (κ2) is 4.56. The summed E-state index contributed by atoms with van der Waals surface area (Å²) in [5.74, 6) is 0. The zero-order valence-electron chi connectivity index (χ0n) is 10.3. The van der Waals surface area contributed by atoms with Crippen molar-refractivity contribution in [2.24, 2.45) is 5.73 Å². The molecule has 2 N–H and O–H groups in total. The van der Waals surface area contributed by atoms with Crippen LogP contribution >= 0.6 is 0 Å². The van der Waals surface area contributed by atoms with Crippen LogP contribution in [-0.4, -0.2) is 13.2 Å². The first-order valence-corrected chi connectivity index (χ1v) is 6.06. The summed E-state index contributed by atoms with van der Waals surface area (Å²) in [4.78, 5) is 0. The minimum atomic E-state index is -0.187. The third-order valence-electron chi connectivity index (χ3n) is 3.40. The molecule has 0 amide bonds. The molecule has 2 rings (SSSR count). The van der Waals surface area contributed by atoms with E-state index >= 15 is 0 Å². The molecule has 0 bridgehead atoms. The van der Waals surface area contributed by atoms with Gasteiger partial charge in [-0.25, -0.2) is 0 Å². The summed E-state index contributed by atoms with van der Waals surface area (Å²) in [6, 6.07) is 6.64. The Bertz CT molecular complexity index is 345. The SMILES string of the molecule is Cc1cc(C)cc(C2(N)CCCOCC2)c1. The fraction of sp³-hybridized carbons (Fsp3) is 0.571. The summed E-state index contributed by atoms with van der Waals surface area (Å²) in [7, 11) is 0. The Morgan fingerprint density at radius 3 is 2.44 bits per heavy atom. The smallest absolute Gasteiger partial charge is 0.0486 e. The van der Waals surface area contributed by atoms with Gasteiger partial charge in [0.2, 0.25) is 0 Å². The van der Waals surface area contributed by atoms with Gasteiger partial charge in [0.25, 0.3) is 0 Å². The van der Waals surface area contributed by atoms with Crippen molar-refractivity contribution >= 4 is 0 Å². The predicted octanol–water partition coefficient (Wildman–Crippen LogP) is 2.66. The summed E-state index contributed by atoms with van der Waals surface area (Å²) >= 11 is 0.